The molecule has 25 heavy (non-hydrogen) atoms. The standard InChI is InChI=1S/C18H22N4O3/c23-15(20-13-5-3-9-19-10-13)11-22-16(24)18(21-17(22)25)8-7-12-4-1-2-6-14(12)18/h1-2,4,6,13,19H,3,5,7-11H2,(H,20,23)(H,21,25). The maximum atomic E-state index is 13.0. The molecule has 2 aliphatic heterocycles. The Labute approximate surface area is 146 Å². The second-order valence-corrected chi connectivity index (χ2v) is 6.99. The molecule has 2 atom stereocenters. The van der Waals surface area contributed by atoms with Gasteiger partial charge in [0, 0.05) is 12.6 Å². The average molecular weight is 342 g/mol. The first-order valence-electron chi connectivity index (χ1n) is 8.83. The van der Waals surface area contributed by atoms with Crippen molar-refractivity contribution in [3.8, 4) is 0 Å². The zero-order valence-corrected chi connectivity index (χ0v) is 14.0. The van der Waals surface area contributed by atoms with Crippen LogP contribution in [0, 0.1) is 0 Å². The van der Waals surface area contributed by atoms with Crippen LogP contribution in [0.5, 0.6) is 0 Å². The van der Waals surface area contributed by atoms with Gasteiger partial charge in [-0.3, -0.25) is 14.5 Å². The van der Waals surface area contributed by atoms with Crippen molar-refractivity contribution in [3.05, 3.63) is 35.4 Å². The highest BCUT2D eigenvalue weighted by Gasteiger charge is 2.55. The van der Waals surface area contributed by atoms with Crippen LogP contribution in [0.3, 0.4) is 0 Å². The minimum Gasteiger partial charge on any atom is -0.351 e. The molecule has 0 saturated carbocycles. The van der Waals surface area contributed by atoms with Gasteiger partial charge < -0.3 is 16.0 Å². The number of benzene rings is 1. The van der Waals surface area contributed by atoms with Crippen LogP contribution in [0.1, 0.15) is 30.4 Å². The summed E-state index contributed by atoms with van der Waals surface area (Å²) in [6, 6.07) is 7.24. The Hall–Kier alpha value is -2.41. The number of urea groups is 1. The molecular weight excluding hydrogens is 320 g/mol. The van der Waals surface area contributed by atoms with Crippen LogP contribution >= 0.6 is 0 Å². The number of fused-ring (bicyclic) bond motifs is 2. The molecule has 2 saturated heterocycles. The molecule has 4 amide bonds. The van der Waals surface area contributed by atoms with Gasteiger partial charge in [0.2, 0.25) is 5.91 Å². The first kappa shape index (κ1) is 16.1. The highest BCUT2D eigenvalue weighted by Crippen LogP contribution is 2.41. The third-order valence-electron chi connectivity index (χ3n) is 5.39. The van der Waals surface area contributed by atoms with E-state index in [1.165, 1.54) is 0 Å². The van der Waals surface area contributed by atoms with E-state index in [-0.39, 0.29) is 24.4 Å². The monoisotopic (exact) mass is 342 g/mol. The van der Waals surface area contributed by atoms with Gasteiger partial charge in [0.15, 0.2) is 0 Å². The van der Waals surface area contributed by atoms with E-state index >= 15 is 0 Å². The van der Waals surface area contributed by atoms with E-state index in [1.54, 1.807) is 0 Å². The summed E-state index contributed by atoms with van der Waals surface area (Å²) < 4.78 is 0. The number of carbonyl (C=O) groups is 3. The van der Waals surface area contributed by atoms with Crippen molar-refractivity contribution >= 4 is 17.8 Å². The molecule has 7 heteroatoms. The number of hydrogen-bond donors (Lipinski definition) is 3. The van der Waals surface area contributed by atoms with Gasteiger partial charge in [0.1, 0.15) is 12.1 Å². The number of nitrogens with zero attached hydrogens (tertiary/aromatic N) is 1. The number of imide groups is 1. The third-order valence-corrected chi connectivity index (χ3v) is 5.39. The molecule has 1 aromatic rings. The topological polar surface area (TPSA) is 90.5 Å². The number of rotatable bonds is 3. The maximum absolute atomic E-state index is 13.0. The van der Waals surface area contributed by atoms with Crippen LogP contribution in [0.4, 0.5) is 4.79 Å². The van der Waals surface area contributed by atoms with E-state index in [4.69, 9.17) is 0 Å². The molecule has 2 heterocycles. The lowest BCUT2D eigenvalue weighted by Gasteiger charge is -2.25. The Kier molecular flexibility index (Phi) is 3.95. The molecule has 1 aliphatic carbocycles. The fraction of sp³-hybridized carbons (Fsp3) is 0.500. The summed E-state index contributed by atoms with van der Waals surface area (Å²) in [6.07, 6.45) is 3.21. The number of hydrogen-bond acceptors (Lipinski definition) is 4. The number of carbonyl (C=O) groups excluding carboxylic acids is 3. The Morgan fingerprint density at radius 1 is 1.32 bits per heavy atom. The lowest BCUT2D eigenvalue weighted by molar-refractivity contribution is -0.135. The molecule has 0 bridgehead atoms. The highest BCUT2D eigenvalue weighted by molar-refractivity contribution is 6.09. The predicted octanol–water partition coefficient (Wildman–Crippen LogP) is 0.248. The lowest BCUT2D eigenvalue weighted by Crippen LogP contribution is -2.49. The highest BCUT2D eigenvalue weighted by atomic mass is 16.2. The zero-order chi connectivity index (χ0) is 17.4. The van der Waals surface area contributed by atoms with E-state index in [0.717, 1.165) is 48.4 Å². The molecule has 2 fully saturated rings. The van der Waals surface area contributed by atoms with Gasteiger partial charge in [-0.05, 0) is 43.4 Å². The number of aryl methyl sites for hydroxylation is 1. The van der Waals surface area contributed by atoms with Crippen molar-refractivity contribution in [2.75, 3.05) is 19.6 Å². The van der Waals surface area contributed by atoms with Crippen LogP contribution < -0.4 is 16.0 Å². The Morgan fingerprint density at radius 2 is 2.16 bits per heavy atom. The van der Waals surface area contributed by atoms with Crippen molar-refractivity contribution in [2.24, 2.45) is 0 Å². The van der Waals surface area contributed by atoms with Gasteiger partial charge in [-0.15, -0.1) is 0 Å². The van der Waals surface area contributed by atoms with Gasteiger partial charge in [-0.2, -0.15) is 0 Å². The molecule has 132 valence electrons. The van der Waals surface area contributed by atoms with Gasteiger partial charge in [-0.25, -0.2) is 4.79 Å². The molecule has 4 rings (SSSR count). The Bertz CT molecular complexity index is 729. The Balaban J connectivity index is 1.48. The summed E-state index contributed by atoms with van der Waals surface area (Å²) >= 11 is 0. The average Bonchev–Trinajstić information content (AvgIpc) is 3.10. The first-order chi connectivity index (χ1) is 12.1. The van der Waals surface area contributed by atoms with Crippen LogP contribution in [0.15, 0.2) is 24.3 Å². The van der Waals surface area contributed by atoms with Crippen LogP contribution in [0.2, 0.25) is 0 Å². The minimum atomic E-state index is -1.000. The Morgan fingerprint density at radius 3 is 2.96 bits per heavy atom. The normalized spacial score (nSPS) is 28.2. The van der Waals surface area contributed by atoms with Crippen LogP contribution in [-0.2, 0) is 21.5 Å². The number of nitrogens with one attached hydrogen (secondary N) is 3. The second-order valence-electron chi connectivity index (χ2n) is 6.99. The molecule has 1 spiro atoms. The molecular formula is C18H22N4O3. The summed E-state index contributed by atoms with van der Waals surface area (Å²) in [5, 5.41) is 8.98. The van der Waals surface area contributed by atoms with Gasteiger partial charge in [0.25, 0.3) is 5.91 Å². The first-order valence-corrected chi connectivity index (χ1v) is 8.83. The summed E-state index contributed by atoms with van der Waals surface area (Å²) in [5.41, 5.74) is 0.934. The van der Waals surface area contributed by atoms with Gasteiger partial charge in [0.05, 0.1) is 0 Å². The largest absolute Gasteiger partial charge is 0.351 e. The van der Waals surface area contributed by atoms with E-state index in [2.05, 4.69) is 16.0 Å². The van der Waals surface area contributed by atoms with E-state index in [1.807, 2.05) is 24.3 Å². The zero-order valence-electron chi connectivity index (χ0n) is 14.0. The summed E-state index contributed by atoms with van der Waals surface area (Å²) in [6.45, 7) is 1.45. The van der Waals surface area contributed by atoms with Crippen molar-refractivity contribution in [1.82, 2.24) is 20.9 Å². The van der Waals surface area contributed by atoms with Crippen molar-refractivity contribution in [3.63, 3.8) is 0 Å². The molecule has 3 aliphatic rings. The van der Waals surface area contributed by atoms with Crippen molar-refractivity contribution in [1.29, 1.82) is 0 Å². The third kappa shape index (κ3) is 2.68. The quantitative estimate of drug-likeness (QED) is 0.687. The number of amides is 4. The second kappa shape index (κ2) is 6.15. The van der Waals surface area contributed by atoms with Crippen LogP contribution in [-0.4, -0.2) is 48.4 Å². The van der Waals surface area contributed by atoms with E-state index < -0.39 is 11.6 Å². The fourth-order valence-electron chi connectivity index (χ4n) is 4.13. The molecule has 7 nitrogen and oxygen atoms in total. The SMILES string of the molecule is O=C(CN1C(=O)NC2(CCc3ccccc32)C1=O)NC1CCCNC1. The summed E-state index contributed by atoms with van der Waals surface area (Å²) in [4.78, 5) is 38.7. The van der Waals surface area contributed by atoms with E-state index in [9.17, 15) is 14.4 Å². The molecule has 1 aromatic carbocycles. The predicted molar refractivity (Wildman–Crippen MR) is 90.7 cm³/mol. The smallest absolute Gasteiger partial charge is 0.325 e. The lowest BCUT2D eigenvalue weighted by atomic mass is 9.92. The molecule has 0 radical (unpaired) electrons. The van der Waals surface area contributed by atoms with Crippen molar-refractivity contribution < 1.29 is 14.4 Å². The van der Waals surface area contributed by atoms with Gasteiger partial charge in [-0.1, -0.05) is 24.3 Å². The minimum absolute atomic E-state index is 0.0585. The summed E-state index contributed by atoms with van der Waals surface area (Å²) in [7, 11) is 0. The molecule has 2 unspecified atom stereocenters. The maximum Gasteiger partial charge on any atom is 0.325 e. The van der Waals surface area contributed by atoms with E-state index in [0.29, 0.717) is 6.42 Å². The van der Waals surface area contributed by atoms with Gasteiger partial charge >= 0.3 is 6.03 Å². The summed E-state index contributed by atoms with van der Waals surface area (Å²) in [5.74, 6) is -0.611. The van der Waals surface area contributed by atoms with Crippen molar-refractivity contribution in [2.45, 2.75) is 37.3 Å². The molecule has 0 aromatic heterocycles. The molecule has 3 N–H and O–H groups in total. The fourth-order valence-corrected chi connectivity index (χ4v) is 4.13. The number of piperidine rings is 1. The van der Waals surface area contributed by atoms with Crippen LogP contribution in [0.25, 0.3) is 0 Å².